The van der Waals surface area contributed by atoms with Crippen LogP contribution in [-0.4, -0.2) is 28.7 Å². The van der Waals surface area contributed by atoms with Crippen LogP contribution in [0.15, 0.2) is 60.1 Å². The number of aromatic nitrogens is 2. The molecule has 7 nitrogen and oxygen atoms in total. The highest BCUT2D eigenvalue weighted by molar-refractivity contribution is 5.95. The number of amides is 2. The number of fused-ring (bicyclic) bond motifs is 1. The summed E-state index contributed by atoms with van der Waals surface area (Å²) >= 11 is 0. The van der Waals surface area contributed by atoms with E-state index in [9.17, 15) is 9.59 Å². The van der Waals surface area contributed by atoms with Crippen molar-refractivity contribution in [3.8, 4) is 0 Å². The zero-order chi connectivity index (χ0) is 20.5. The van der Waals surface area contributed by atoms with Gasteiger partial charge in [-0.15, -0.1) is 0 Å². The van der Waals surface area contributed by atoms with E-state index < -0.39 is 12.0 Å². The van der Waals surface area contributed by atoms with E-state index in [4.69, 9.17) is 4.74 Å². The number of aryl methyl sites for hydroxylation is 2. The lowest BCUT2D eigenvalue weighted by Gasteiger charge is -2.30. The molecule has 1 aromatic heterocycles. The maximum absolute atomic E-state index is 12.8. The Morgan fingerprint density at radius 2 is 2.00 bits per heavy atom. The number of urea groups is 1. The fourth-order valence-corrected chi connectivity index (χ4v) is 3.70. The van der Waals surface area contributed by atoms with Crippen molar-refractivity contribution >= 4 is 23.0 Å². The molecule has 0 radical (unpaired) electrons. The smallest absolute Gasteiger partial charge is 0.338 e. The van der Waals surface area contributed by atoms with Crippen molar-refractivity contribution in [1.29, 1.82) is 0 Å². The molecule has 0 spiro atoms. The summed E-state index contributed by atoms with van der Waals surface area (Å²) in [7, 11) is 1.34. The van der Waals surface area contributed by atoms with Crippen molar-refractivity contribution in [2.45, 2.75) is 26.4 Å². The summed E-state index contributed by atoms with van der Waals surface area (Å²) in [6.07, 6.45) is 1.70. The third kappa shape index (κ3) is 3.47. The summed E-state index contributed by atoms with van der Waals surface area (Å²) < 4.78 is 6.97. The Bertz CT molecular complexity index is 1150. The summed E-state index contributed by atoms with van der Waals surface area (Å²) in [6.45, 7) is 4.23. The van der Waals surface area contributed by atoms with Crippen LogP contribution < -0.4 is 10.6 Å². The van der Waals surface area contributed by atoms with Gasteiger partial charge in [0.25, 0.3) is 0 Å². The van der Waals surface area contributed by atoms with Crippen LogP contribution in [0, 0.1) is 13.8 Å². The molecule has 0 bridgehead atoms. The SMILES string of the molecule is COC(=O)C1=C(Cn2cnc3ccccc32)NC(=O)N[C@H]1c1cc(C)ccc1C. The second kappa shape index (κ2) is 7.43. The number of methoxy groups -OCH3 is 1. The lowest BCUT2D eigenvalue weighted by molar-refractivity contribution is -0.136. The standard InChI is InChI=1S/C22H22N4O3/c1-13-8-9-14(2)15(10-13)20-19(21(27)29-3)17(24-22(28)25-20)11-26-12-23-16-6-4-5-7-18(16)26/h4-10,12,20H,11H2,1-3H3,(H2,24,25,28)/t20-/m0/s1. The van der Waals surface area contributed by atoms with Gasteiger partial charge in [0.1, 0.15) is 0 Å². The largest absolute Gasteiger partial charge is 0.466 e. The van der Waals surface area contributed by atoms with Crippen LogP contribution in [0.2, 0.25) is 0 Å². The topological polar surface area (TPSA) is 85.2 Å². The van der Waals surface area contributed by atoms with Gasteiger partial charge in [0.2, 0.25) is 0 Å². The molecule has 1 aliphatic rings. The Labute approximate surface area is 168 Å². The van der Waals surface area contributed by atoms with Crippen molar-refractivity contribution in [3.63, 3.8) is 0 Å². The van der Waals surface area contributed by atoms with Crippen LogP contribution >= 0.6 is 0 Å². The maximum Gasteiger partial charge on any atom is 0.338 e. The van der Waals surface area contributed by atoms with Gasteiger partial charge < -0.3 is 19.9 Å². The molecular weight excluding hydrogens is 368 g/mol. The van der Waals surface area contributed by atoms with Crippen LogP contribution in [0.1, 0.15) is 22.7 Å². The Balaban J connectivity index is 1.85. The molecule has 2 heterocycles. The average Bonchev–Trinajstić information content (AvgIpc) is 3.12. The predicted molar refractivity (Wildman–Crippen MR) is 109 cm³/mol. The number of nitrogens with one attached hydrogen (secondary N) is 2. The molecule has 1 atom stereocenters. The second-order valence-electron chi connectivity index (χ2n) is 7.14. The number of allylic oxidation sites excluding steroid dienone is 1. The van der Waals surface area contributed by atoms with E-state index >= 15 is 0 Å². The van der Waals surface area contributed by atoms with Crippen LogP contribution in [-0.2, 0) is 16.1 Å². The van der Waals surface area contributed by atoms with Crippen molar-refractivity contribution < 1.29 is 14.3 Å². The molecule has 0 saturated heterocycles. The van der Waals surface area contributed by atoms with E-state index in [0.717, 1.165) is 27.7 Å². The molecule has 1 aliphatic heterocycles. The van der Waals surface area contributed by atoms with Crippen molar-refractivity contribution in [3.05, 3.63) is 76.8 Å². The van der Waals surface area contributed by atoms with Gasteiger partial charge in [-0.1, -0.05) is 35.9 Å². The van der Waals surface area contributed by atoms with Crippen molar-refractivity contribution in [2.24, 2.45) is 0 Å². The van der Waals surface area contributed by atoms with Crippen molar-refractivity contribution in [1.82, 2.24) is 20.2 Å². The molecule has 2 amide bonds. The first-order valence-corrected chi connectivity index (χ1v) is 9.34. The summed E-state index contributed by atoms with van der Waals surface area (Å²) in [5.74, 6) is -0.483. The van der Waals surface area contributed by atoms with Crippen LogP contribution in [0.4, 0.5) is 4.79 Å². The van der Waals surface area contributed by atoms with E-state index in [1.54, 1.807) is 6.33 Å². The van der Waals surface area contributed by atoms with Gasteiger partial charge in [0, 0.05) is 0 Å². The number of para-hydroxylation sites is 2. The van der Waals surface area contributed by atoms with Gasteiger partial charge >= 0.3 is 12.0 Å². The molecule has 0 fully saturated rings. The summed E-state index contributed by atoms with van der Waals surface area (Å²) in [4.78, 5) is 29.6. The van der Waals surface area contributed by atoms with E-state index in [0.29, 0.717) is 17.8 Å². The molecule has 3 aromatic rings. The first-order valence-electron chi connectivity index (χ1n) is 9.34. The number of benzene rings is 2. The van der Waals surface area contributed by atoms with Crippen LogP contribution in [0.25, 0.3) is 11.0 Å². The van der Waals surface area contributed by atoms with Crippen LogP contribution in [0.3, 0.4) is 0 Å². The summed E-state index contributed by atoms with van der Waals surface area (Å²) in [5, 5.41) is 5.68. The fourth-order valence-electron chi connectivity index (χ4n) is 3.70. The molecule has 29 heavy (non-hydrogen) atoms. The Morgan fingerprint density at radius 1 is 1.21 bits per heavy atom. The van der Waals surface area contributed by atoms with Gasteiger partial charge in [-0.25, -0.2) is 14.6 Å². The second-order valence-corrected chi connectivity index (χ2v) is 7.14. The molecule has 148 valence electrons. The van der Waals surface area contributed by atoms with Crippen molar-refractivity contribution in [2.75, 3.05) is 7.11 Å². The first-order chi connectivity index (χ1) is 14.0. The Morgan fingerprint density at radius 3 is 2.79 bits per heavy atom. The van der Waals surface area contributed by atoms with Gasteiger partial charge in [0.05, 0.1) is 48.3 Å². The van der Waals surface area contributed by atoms with Gasteiger partial charge in [-0.3, -0.25) is 0 Å². The zero-order valence-electron chi connectivity index (χ0n) is 16.5. The molecule has 7 heteroatoms. The number of hydrogen-bond acceptors (Lipinski definition) is 4. The molecule has 2 N–H and O–H groups in total. The molecule has 4 rings (SSSR count). The number of carbonyl (C=O) groups is 2. The Kier molecular flexibility index (Phi) is 4.80. The number of esters is 1. The molecule has 0 saturated carbocycles. The van der Waals surface area contributed by atoms with Gasteiger partial charge in [-0.2, -0.15) is 0 Å². The van der Waals surface area contributed by atoms with Gasteiger partial charge in [-0.05, 0) is 37.1 Å². The highest BCUT2D eigenvalue weighted by Crippen LogP contribution is 2.31. The Hall–Kier alpha value is -3.61. The van der Waals surface area contributed by atoms with E-state index in [1.165, 1.54) is 7.11 Å². The molecular formula is C22H22N4O3. The van der Waals surface area contributed by atoms with Crippen LogP contribution in [0.5, 0.6) is 0 Å². The number of imidazole rings is 1. The fraction of sp³-hybridized carbons (Fsp3) is 0.227. The lowest BCUT2D eigenvalue weighted by Crippen LogP contribution is -2.47. The number of carbonyl (C=O) groups excluding carboxylic acids is 2. The molecule has 0 unspecified atom stereocenters. The summed E-state index contributed by atoms with van der Waals surface area (Å²) in [6, 6.07) is 12.7. The van der Waals surface area contributed by atoms with E-state index in [2.05, 4.69) is 15.6 Å². The minimum absolute atomic E-state index is 0.291. The number of ether oxygens (including phenoxy) is 1. The normalized spacial score (nSPS) is 16.5. The predicted octanol–water partition coefficient (Wildman–Crippen LogP) is 3.13. The molecule has 0 aliphatic carbocycles. The monoisotopic (exact) mass is 390 g/mol. The summed E-state index contributed by atoms with van der Waals surface area (Å²) in [5.41, 5.74) is 5.54. The van der Waals surface area contributed by atoms with Gasteiger partial charge in [0.15, 0.2) is 0 Å². The maximum atomic E-state index is 12.8. The van der Waals surface area contributed by atoms with E-state index in [-0.39, 0.29) is 6.03 Å². The first kappa shape index (κ1) is 18.7. The minimum Gasteiger partial charge on any atom is -0.466 e. The van der Waals surface area contributed by atoms with E-state index in [1.807, 2.05) is 60.9 Å². The number of nitrogens with zero attached hydrogens (tertiary/aromatic N) is 2. The number of hydrogen-bond donors (Lipinski definition) is 2. The third-order valence-electron chi connectivity index (χ3n) is 5.16. The lowest BCUT2D eigenvalue weighted by atomic mass is 9.91. The highest BCUT2D eigenvalue weighted by atomic mass is 16.5. The average molecular weight is 390 g/mol. The molecule has 2 aromatic carbocycles. The zero-order valence-corrected chi connectivity index (χ0v) is 16.5. The highest BCUT2D eigenvalue weighted by Gasteiger charge is 2.34. The number of rotatable bonds is 4. The third-order valence-corrected chi connectivity index (χ3v) is 5.16. The minimum atomic E-state index is -0.596. The quantitative estimate of drug-likeness (QED) is 0.670.